The highest BCUT2D eigenvalue weighted by molar-refractivity contribution is 5.96. The summed E-state index contributed by atoms with van der Waals surface area (Å²) in [4.78, 5) is 30.8. The fraction of sp³-hybridized carbons (Fsp3) is 0.364. The molecule has 0 radical (unpaired) electrons. The Morgan fingerprint density at radius 2 is 1.66 bits per heavy atom. The van der Waals surface area contributed by atoms with Crippen LogP contribution in [0.25, 0.3) is 0 Å². The molecule has 0 saturated carbocycles. The van der Waals surface area contributed by atoms with Gasteiger partial charge in [-0.05, 0) is 41.8 Å². The number of ether oxygens (including phenoxy) is 2. The number of hydrogen-bond acceptors (Lipinski definition) is 4. The molecule has 7 nitrogen and oxygen atoms in total. The van der Waals surface area contributed by atoms with Gasteiger partial charge in [-0.25, -0.2) is 4.79 Å². The zero-order valence-corrected chi connectivity index (χ0v) is 16.8. The Bertz CT molecular complexity index is 916. The van der Waals surface area contributed by atoms with Crippen LogP contribution in [0.2, 0.25) is 0 Å². The fourth-order valence-electron chi connectivity index (χ4n) is 3.94. The number of para-hydroxylation sites is 1. The summed E-state index contributed by atoms with van der Waals surface area (Å²) in [6.07, 6.45) is 0.755. The van der Waals surface area contributed by atoms with Crippen molar-refractivity contribution < 1.29 is 19.1 Å². The molecule has 0 spiro atoms. The number of amides is 3. The van der Waals surface area contributed by atoms with Crippen molar-refractivity contribution in [3.05, 3.63) is 53.6 Å². The van der Waals surface area contributed by atoms with Crippen LogP contribution in [0.15, 0.2) is 42.5 Å². The monoisotopic (exact) mass is 395 g/mol. The van der Waals surface area contributed by atoms with Crippen molar-refractivity contribution in [1.29, 1.82) is 0 Å². The average molecular weight is 395 g/mol. The molecule has 0 N–H and O–H groups in total. The third kappa shape index (κ3) is 3.72. The second kappa shape index (κ2) is 8.03. The molecular formula is C22H25N3O4. The summed E-state index contributed by atoms with van der Waals surface area (Å²) in [5, 5.41) is 0. The van der Waals surface area contributed by atoms with Gasteiger partial charge in [0.2, 0.25) is 5.91 Å². The lowest BCUT2D eigenvalue weighted by Gasteiger charge is -2.31. The molecule has 7 heteroatoms. The average Bonchev–Trinajstić information content (AvgIpc) is 3.12. The first-order valence-electron chi connectivity index (χ1n) is 9.73. The van der Waals surface area contributed by atoms with Gasteiger partial charge in [-0.1, -0.05) is 18.2 Å². The van der Waals surface area contributed by atoms with Crippen molar-refractivity contribution in [3.63, 3.8) is 0 Å². The van der Waals surface area contributed by atoms with Gasteiger partial charge in [0.15, 0.2) is 11.5 Å². The second-order valence-corrected chi connectivity index (χ2v) is 7.23. The molecule has 4 rings (SSSR count). The van der Waals surface area contributed by atoms with Gasteiger partial charge in [-0.15, -0.1) is 0 Å². The Morgan fingerprint density at radius 3 is 2.34 bits per heavy atom. The molecule has 2 aromatic carbocycles. The normalized spacial score (nSPS) is 16.1. The first kappa shape index (κ1) is 19.1. The van der Waals surface area contributed by atoms with Gasteiger partial charge >= 0.3 is 6.03 Å². The first-order valence-corrected chi connectivity index (χ1v) is 9.73. The van der Waals surface area contributed by atoms with Crippen molar-refractivity contribution in [2.24, 2.45) is 0 Å². The summed E-state index contributed by atoms with van der Waals surface area (Å²) < 4.78 is 10.8. The molecule has 0 aromatic heterocycles. The summed E-state index contributed by atoms with van der Waals surface area (Å²) in [6.45, 7) is 2.39. The number of fused-ring (bicyclic) bond motifs is 1. The molecule has 1 saturated heterocycles. The first-order chi connectivity index (χ1) is 14.1. The largest absolute Gasteiger partial charge is 0.493 e. The second-order valence-electron chi connectivity index (χ2n) is 7.23. The van der Waals surface area contributed by atoms with E-state index in [2.05, 4.69) is 0 Å². The van der Waals surface area contributed by atoms with Crippen molar-refractivity contribution in [1.82, 2.24) is 9.80 Å². The zero-order chi connectivity index (χ0) is 20.4. The maximum absolute atomic E-state index is 12.9. The van der Waals surface area contributed by atoms with Gasteiger partial charge in [0.25, 0.3) is 0 Å². The van der Waals surface area contributed by atoms with Crippen LogP contribution in [0.5, 0.6) is 11.5 Å². The van der Waals surface area contributed by atoms with E-state index in [1.165, 1.54) is 5.56 Å². The highest BCUT2D eigenvalue weighted by Crippen LogP contribution is 2.33. The number of carbonyl (C=O) groups excluding carboxylic acids is 2. The topological polar surface area (TPSA) is 62.3 Å². The summed E-state index contributed by atoms with van der Waals surface area (Å²) >= 11 is 0. The maximum atomic E-state index is 12.9. The van der Waals surface area contributed by atoms with Crippen molar-refractivity contribution in [3.8, 4) is 11.5 Å². The molecule has 0 aliphatic carbocycles. The molecule has 0 unspecified atom stereocenters. The SMILES string of the molecule is COc1cc2c(cc1OC)CN(C(=O)CN1CCN(c3ccccc3)C1=O)CC2. The van der Waals surface area contributed by atoms with Crippen molar-refractivity contribution in [2.45, 2.75) is 13.0 Å². The van der Waals surface area contributed by atoms with E-state index in [0.717, 1.165) is 17.7 Å². The number of nitrogens with zero attached hydrogens (tertiary/aromatic N) is 3. The lowest BCUT2D eigenvalue weighted by molar-refractivity contribution is -0.132. The van der Waals surface area contributed by atoms with Crippen molar-refractivity contribution >= 4 is 17.6 Å². The molecular weight excluding hydrogens is 370 g/mol. The van der Waals surface area contributed by atoms with Gasteiger partial charge in [-0.2, -0.15) is 0 Å². The van der Waals surface area contributed by atoms with Crippen LogP contribution in [0.3, 0.4) is 0 Å². The predicted octanol–water partition coefficient (Wildman–Crippen LogP) is 2.53. The minimum atomic E-state index is -0.117. The van der Waals surface area contributed by atoms with Crippen LogP contribution < -0.4 is 14.4 Å². The van der Waals surface area contributed by atoms with Crippen LogP contribution in [0, 0.1) is 0 Å². The third-order valence-corrected chi connectivity index (χ3v) is 5.56. The van der Waals surface area contributed by atoms with E-state index in [1.54, 1.807) is 24.0 Å². The minimum absolute atomic E-state index is 0.0336. The third-order valence-electron chi connectivity index (χ3n) is 5.56. The van der Waals surface area contributed by atoms with E-state index in [-0.39, 0.29) is 18.5 Å². The Labute approximate surface area is 170 Å². The quantitative estimate of drug-likeness (QED) is 0.781. The lowest BCUT2D eigenvalue weighted by Crippen LogP contribution is -2.44. The van der Waals surface area contributed by atoms with E-state index in [9.17, 15) is 9.59 Å². The highest BCUT2D eigenvalue weighted by Gasteiger charge is 2.32. The molecule has 2 aromatic rings. The van der Waals surface area contributed by atoms with E-state index < -0.39 is 0 Å². The van der Waals surface area contributed by atoms with Gasteiger partial charge in [0.05, 0.1) is 14.2 Å². The van der Waals surface area contributed by atoms with Gasteiger partial charge in [0.1, 0.15) is 6.54 Å². The summed E-state index contributed by atoms with van der Waals surface area (Å²) in [5.41, 5.74) is 3.08. The molecule has 152 valence electrons. The molecule has 3 amide bonds. The fourth-order valence-corrected chi connectivity index (χ4v) is 3.94. The molecule has 29 heavy (non-hydrogen) atoms. The lowest BCUT2D eigenvalue weighted by atomic mass is 9.98. The molecule has 2 heterocycles. The Kier molecular flexibility index (Phi) is 5.29. The molecule has 2 aliphatic heterocycles. The van der Waals surface area contributed by atoms with Crippen LogP contribution in [-0.4, -0.2) is 62.1 Å². The molecule has 0 bridgehead atoms. The van der Waals surface area contributed by atoms with Gasteiger partial charge < -0.3 is 19.3 Å². The number of methoxy groups -OCH3 is 2. The number of urea groups is 1. The van der Waals surface area contributed by atoms with E-state index >= 15 is 0 Å². The van der Waals surface area contributed by atoms with Gasteiger partial charge in [0, 0.05) is 31.9 Å². The summed E-state index contributed by atoms with van der Waals surface area (Å²) in [6, 6.07) is 13.4. The maximum Gasteiger partial charge on any atom is 0.325 e. The number of carbonyl (C=O) groups is 2. The number of benzene rings is 2. The number of anilines is 1. The molecule has 2 aliphatic rings. The highest BCUT2D eigenvalue weighted by atomic mass is 16.5. The Hall–Kier alpha value is -3.22. The van der Waals surface area contributed by atoms with Gasteiger partial charge in [-0.3, -0.25) is 9.69 Å². The smallest absolute Gasteiger partial charge is 0.325 e. The number of rotatable bonds is 5. The molecule has 1 fully saturated rings. The minimum Gasteiger partial charge on any atom is -0.493 e. The Morgan fingerprint density at radius 1 is 0.966 bits per heavy atom. The van der Waals surface area contributed by atoms with E-state index in [0.29, 0.717) is 37.7 Å². The zero-order valence-electron chi connectivity index (χ0n) is 16.8. The molecule has 0 atom stereocenters. The number of hydrogen-bond donors (Lipinski definition) is 0. The van der Waals surface area contributed by atoms with Crippen LogP contribution in [0.4, 0.5) is 10.5 Å². The summed E-state index contributed by atoms with van der Waals surface area (Å²) in [5.74, 6) is 1.33. The van der Waals surface area contributed by atoms with Crippen LogP contribution >= 0.6 is 0 Å². The van der Waals surface area contributed by atoms with Crippen LogP contribution in [-0.2, 0) is 17.8 Å². The standard InChI is InChI=1S/C22H25N3O4/c1-28-19-12-16-8-9-23(14-17(16)13-20(19)29-2)21(26)15-24-10-11-25(22(24)27)18-6-4-3-5-7-18/h3-7,12-13H,8-11,14-15H2,1-2H3. The summed E-state index contributed by atoms with van der Waals surface area (Å²) in [7, 11) is 3.22. The van der Waals surface area contributed by atoms with Crippen LogP contribution in [0.1, 0.15) is 11.1 Å². The van der Waals surface area contributed by atoms with E-state index in [1.807, 2.05) is 47.4 Å². The van der Waals surface area contributed by atoms with Crippen molar-refractivity contribution in [2.75, 3.05) is 45.3 Å². The predicted molar refractivity (Wildman–Crippen MR) is 109 cm³/mol. The Balaban J connectivity index is 1.42. The van der Waals surface area contributed by atoms with E-state index in [4.69, 9.17) is 9.47 Å².